The molecule has 12 fully saturated rings. The molecular weight excluding hydrogens is 683 g/mol. The molecule has 16 aliphatic carbocycles. The van der Waals surface area contributed by atoms with Gasteiger partial charge in [0.25, 0.3) is 0 Å². The molecule has 0 radical (unpaired) electrons. The quantitative estimate of drug-likeness (QED) is 0.206. The van der Waals surface area contributed by atoms with Crippen LogP contribution in [0.3, 0.4) is 0 Å². The molecule has 1 aromatic rings. The molecule has 0 amide bonds. The maximum absolute atomic E-state index is 6.37. The maximum Gasteiger partial charge on any atom is 0.0700 e. The molecule has 1 aromatic carbocycles. The van der Waals surface area contributed by atoms with E-state index in [0.29, 0.717) is 25.2 Å². The number of allylic oxidation sites excluding steroid dienone is 6. The Kier molecular flexibility index (Phi) is 4.95. The Morgan fingerprint density at radius 3 is 2.43 bits per heavy atom. The second-order valence-electron chi connectivity index (χ2n) is 24.3. The van der Waals surface area contributed by atoms with Gasteiger partial charge in [0, 0.05) is 43.5 Å². The molecule has 1 saturated heterocycles. The molecule has 3 heteroatoms. The zero-order valence-electron chi connectivity index (χ0n) is 33.5. The Hall–Kier alpha value is -1.94. The van der Waals surface area contributed by atoms with Crippen molar-refractivity contribution in [3.63, 3.8) is 0 Å². The lowest BCUT2D eigenvalue weighted by molar-refractivity contribution is -0.117. The van der Waals surface area contributed by atoms with E-state index in [4.69, 9.17) is 9.47 Å². The maximum atomic E-state index is 6.37. The Labute approximate surface area is 333 Å². The second-order valence-corrected chi connectivity index (χ2v) is 24.3. The van der Waals surface area contributed by atoms with Gasteiger partial charge in [-0.25, -0.2) is 0 Å². The summed E-state index contributed by atoms with van der Waals surface area (Å²) < 4.78 is 11.8. The topological polar surface area (TPSA) is 21.7 Å². The van der Waals surface area contributed by atoms with Gasteiger partial charge >= 0.3 is 0 Å². The molecule has 17 aliphatic rings. The molecule has 1 spiro atoms. The minimum absolute atomic E-state index is 0.254. The van der Waals surface area contributed by atoms with Crippen molar-refractivity contribution in [3.05, 3.63) is 80.5 Å². The summed E-state index contributed by atoms with van der Waals surface area (Å²) in [6.45, 7) is 6.90. The average molecular weight is 742 g/mol. The van der Waals surface area contributed by atoms with E-state index in [1.807, 2.05) is 12.7 Å². The number of likely N-dealkylation sites (tertiary alicyclic amines) is 1. The zero-order chi connectivity index (χ0) is 35.6. The van der Waals surface area contributed by atoms with Crippen molar-refractivity contribution in [2.75, 3.05) is 40.0 Å². The molecule has 18 rings (SSSR count). The first-order chi connectivity index (χ1) is 27.7. The monoisotopic (exact) mass is 741 g/mol. The highest BCUT2D eigenvalue weighted by molar-refractivity contribution is 5.68. The first-order valence-electron chi connectivity index (χ1n) is 24.4. The number of nitrogens with zero attached hydrogens (tertiary/aromatic N) is 1. The van der Waals surface area contributed by atoms with Crippen molar-refractivity contribution >= 4 is 0 Å². The van der Waals surface area contributed by atoms with Crippen LogP contribution in [-0.2, 0) is 9.47 Å². The van der Waals surface area contributed by atoms with Gasteiger partial charge in [-0.05, 0) is 193 Å². The highest BCUT2D eigenvalue weighted by Gasteiger charge is 2.86. The van der Waals surface area contributed by atoms with E-state index < -0.39 is 0 Å². The third-order valence-corrected chi connectivity index (χ3v) is 24.0. The normalized spacial score (nSPS) is 61.5. The molecule has 0 bridgehead atoms. The lowest BCUT2D eigenvalue weighted by Crippen LogP contribution is -2.56. The Morgan fingerprint density at radius 1 is 0.732 bits per heavy atom. The molecule has 56 heavy (non-hydrogen) atoms. The fourth-order valence-corrected chi connectivity index (χ4v) is 24.8. The van der Waals surface area contributed by atoms with Crippen LogP contribution in [0.25, 0.3) is 0 Å². The van der Waals surface area contributed by atoms with E-state index in [9.17, 15) is 0 Å². The molecule has 0 N–H and O–H groups in total. The van der Waals surface area contributed by atoms with Gasteiger partial charge in [0.05, 0.1) is 19.8 Å². The van der Waals surface area contributed by atoms with Gasteiger partial charge in [-0.3, -0.25) is 4.90 Å². The van der Waals surface area contributed by atoms with Crippen molar-refractivity contribution < 1.29 is 9.47 Å². The van der Waals surface area contributed by atoms with Crippen LogP contribution >= 0.6 is 0 Å². The molecule has 288 valence electrons. The van der Waals surface area contributed by atoms with Gasteiger partial charge in [0.15, 0.2) is 0 Å². The largest absolute Gasteiger partial charge is 0.382 e. The number of ether oxygens (including phenoxy) is 2. The van der Waals surface area contributed by atoms with Crippen LogP contribution in [-0.4, -0.2) is 44.9 Å². The summed E-state index contributed by atoms with van der Waals surface area (Å²) in [6.07, 6.45) is 13.9. The lowest BCUT2D eigenvalue weighted by atomic mass is 9.44. The summed E-state index contributed by atoms with van der Waals surface area (Å²) in [5, 5.41) is 0. The number of hydrogen-bond donors (Lipinski definition) is 0. The van der Waals surface area contributed by atoms with E-state index in [2.05, 4.69) is 75.6 Å². The average Bonchev–Trinajstić information content (AvgIpc) is 4.05. The zero-order valence-corrected chi connectivity index (χ0v) is 33.5. The van der Waals surface area contributed by atoms with Crippen molar-refractivity contribution in [3.8, 4) is 0 Å². The predicted molar refractivity (Wildman–Crippen MR) is 212 cm³/mol. The molecule has 1 heterocycles. The van der Waals surface area contributed by atoms with Gasteiger partial charge in [-0.15, -0.1) is 0 Å². The highest BCUT2D eigenvalue weighted by Crippen LogP contribution is 2.92. The minimum atomic E-state index is 0.254. The van der Waals surface area contributed by atoms with Crippen LogP contribution in [0, 0.1) is 148 Å². The Morgan fingerprint density at radius 2 is 1.52 bits per heavy atom. The fraction of sp³-hybridized carbons (Fsp3) is 0.736. The van der Waals surface area contributed by atoms with E-state index in [1.165, 1.54) is 37.8 Å². The fourth-order valence-electron chi connectivity index (χ4n) is 24.8. The van der Waals surface area contributed by atoms with Crippen molar-refractivity contribution in [2.24, 2.45) is 142 Å². The van der Waals surface area contributed by atoms with Crippen molar-refractivity contribution in [1.82, 2.24) is 4.90 Å². The first kappa shape index (κ1) is 30.1. The first-order valence-corrected chi connectivity index (χ1v) is 24.4. The molecule has 11 saturated carbocycles. The van der Waals surface area contributed by atoms with E-state index in [-0.39, 0.29) is 5.41 Å². The van der Waals surface area contributed by atoms with Gasteiger partial charge in [-0.2, -0.15) is 0 Å². The van der Waals surface area contributed by atoms with Crippen LogP contribution in [0.1, 0.15) is 62.1 Å². The lowest BCUT2D eigenvalue weighted by Gasteiger charge is -2.60. The second kappa shape index (κ2) is 9.19. The summed E-state index contributed by atoms with van der Waals surface area (Å²) in [5.74, 6) is 23.2. The number of benzene rings is 1. The summed E-state index contributed by atoms with van der Waals surface area (Å²) in [6, 6.07) is 10.5. The number of aryl methyl sites for hydroxylation is 1. The number of hydrogen-bond acceptors (Lipinski definition) is 3. The van der Waals surface area contributed by atoms with E-state index in [0.717, 1.165) is 143 Å². The third-order valence-electron chi connectivity index (χ3n) is 24.0. The number of rotatable bonds is 7. The van der Waals surface area contributed by atoms with Crippen LogP contribution in [0.15, 0.2) is 69.4 Å². The summed E-state index contributed by atoms with van der Waals surface area (Å²) in [5.41, 5.74) is 18.1. The SMILES string of the molecule is COCCOCCN1CC2C3=C4C5=C6C7C(C=C8CC9CC%10CC%11CC%12CC(=C%13C4C4C5C5C7C8C7C9C%10C8C%11C(C%13%12)C4C8C57)C3)CC62C1c1cccc(C)c1. The van der Waals surface area contributed by atoms with E-state index >= 15 is 0 Å². The molecule has 0 aromatic heterocycles. The van der Waals surface area contributed by atoms with Gasteiger partial charge in [0.1, 0.15) is 0 Å². The van der Waals surface area contributed by atoms with Crippen LogP contribution < -0.4 is 0 Å². The number of methoxy groups -OCH3 is 1. The molecule has 1 aliphatic heterocycles. The minimum Gasteiger partial charge on any atom is -0.382 e. The standard InChI is InChI=1S/C53H59NO2/c1-20-4-3-5-21(10-20)52-53-18-28-16-26-14-23-11-22-12-25-13-24-15-27-17-29(30(53)19-54(52)6-7-56-9-8-55-2)38-43-34(27)33(24)40-35(25)39-31(22)32(23)41-36(26)42-37(28)51(53)50(38)49-47(42)45(41)44(39)46(40)48(43)49/h3-5,10,16,22-25,28,30-33,35-37,39-49,52H,6-9,11-15,17-19H2,1-2H3. The molecule has 25 atom stereocenters. The van der Waals surface area contributed by atoms with Gasteiger partial charge < -0.3 is 9.47 Å². The Balaban J connectivity index is 0.933. The summed E-state index contributed by atoms with van der Waals surface area (Å²) >= 11 is 0. The van der Waals surface area contributed by atoms with Gasteiger partial charge in [-0.1, -0.05) is 63.8 Å². The summed E-state index contributed by atoms with van der Waals surface area (Å²) in [7, 11) is 1.81. The smallest absolute Gasteiger partial charge is 0.0700 e. The van der Waals surface area contributed by atoms with Crippen molar-refractivity contribution in [2.45, 2.75) is 57.9 Å². The van der Waals surface area contributed by atoms with Crippen LogP contribution in [0.2, 0.25) is 0 Å². The number of fused-ring (bicyclic) bond motifs is 1. The van der Waals surface area contributed by atoms with E-state index in [1.54, 1.807) is 24.8 Å². The third kappa shape index (κ3) is 2.75. The summed E-state index contributed by atoms with van der Waals surface area (Å²) in [4.78, 5) is 3.03. The van der Waals surface area contributed by atoms with Gasteiger partial charge in [0.2, 0.25) is 0 Å². The van der Waals surface area contributed by atoms with Crippen LogP contribution in [0.4, 0.5) is 0 Å². The predicted octanol–water partition coefficient (Wildman–Crippen LogP) is 8.94. The molecular formula is C53H59NO2. The molecule has 25 unspecified atom stereocenters. The van der Waals surface area contributed by atoms with Crippen LogP contribution in [0.5, 0.6) is 0 Å². The highest BCUT2D eigenvalue weighted by atomic mass is 16.5. The van der Waals surface area contributed by atoms with Crippen molar-refractivity contribution in [1.29, 1.82) is 0 Å². The Bertz CT molecular complexity index is 2280. The molecule has 3 nitrogen and oxygen atoms in total.